The van der Waals surface area contributed by atoms with E-state index in [1.807, 2.05) is 19.1 Å². The predicted molar refractivity (Wildman–Crippen MR) is 113 cm³/mol. The summed E-state index contributed by atoms with van der Waals surface area (Å²) in [5.74, 6) is 2.12. The number of nitrogens with one attached hydrogen (secondary N) is 2. The van der Waals surface area contributed by atoms with Gasteiger partial charge in [-0.1, -0.05) is 12.5 Å². The van der Waals surface area contributed by atoms with Gasteiger partial charge in [-0.05, 0) is 43.4 Å². The summed E-state index contributed by atoms with van der Waals surface area (Å²) >= 11 is 0. The van der Waals surface area contributed by atoms with Crippen LogP contribution in [0.2, 0.25) is 0 Å². The Morgan fingerprint density at radius 2 is 2.08 bits per heavy atom. The lowest BCUT2D eigenvalue weighted by atomic mass is 9.85. The molecule has 8 heteroatoms. The number of nitrogens with zero attached hydrogens (tertiary/aromatic N) is 1. The van der Waals surface area contributed by atoms with E-state index >= 15 is 0 Å². The summed E-state index contributed by atoms with van der Waals surface area (Å²) < 4.78 is 10.8. The smallest absolute Gasteiger partial charge is 0.257 e. The summed E-state index contributed by atoms with van der Waals surface area (Å²) in [6.07, 6.45) is 3.86. The number of amides is 1. The Labute approximate surface area is 172 Å². The molecule has 0 heterocycles. The number of methoxy groups -OCH3 is 1. The van der Waals surface area contributed by atoms with Gasteiger partial charge in [0.1, 0.15) is 0 Å². The van der Waals surface area contributed by atoms with Gasteiger partial charge in [0.15, 0.2) is 24.1 Å². The molecule has 1 aliphatic rings. The minimum Gasteiger partial charge on any atom is -0.493 e. The van der Waals surface area contributed by atoms with Crippen LogP contribution < -0.4 is 25.8 Å². The van der Waals surface area contributed by atoms with E-state index in [0.717, 1.165) is 18.0 Å². The maximum absolute atomic E-state index is 11.5. The molecule has 1 aromatic carbocycles. The number of rotatable bonds is 9. The van der Waals surface area contributed by atoms with Crippen LogP contribution in [0.3, 0.4) is 0 Å². The summed E-state index contributed by atoms with van der Waals surface area (Å²) in [5.41, 5.74) is 6.85. The van der Waals surface area contributed by atoms with E-state index in [2.05, 4.69) is 15.6 Å². The first-order valence-electron chi connectivity index (χ1n) is 8.72. The number of hydrogen-bond acceptors (Lipinski definition) is 4. The zero-order valence-corrected chi connectivity index (χ0v) is 17.7. The lowest BCUT2D eigenvalue weighted by molar-refractivity contribution is -0.123. The summed E-state index contributed by atoms with van der Waals surface area (Å²) in [7, 11) is 1.57. The largest absolute Gasteiger partial charge is 0.493 e. The molecule has 0 spiro atoms. The summed E-state index contributed by atoms with van der Waals surface area (Å²) in [6, 6.07) is 5.51. The Hall–Kier alpha value is -1.71. The Balaban J connectivity index is 0.00000338. The van der Waals surface area contributed by atoms with Crippen molar-refractivity contribution in [3.63, 3.8) is 0 Å². The zero-order chi connectivity index (χ0) is 18.1. The number of ether oxygens (including phenoxy) is 2. The van der Waals surface area contributed by atoms with Gasteiger partial charge in [-0.3, -0.25) is 4.79 Å². The normalized spacial score (nSPS) is 14.0. The van der Waals surface area contributed by atoms with Crippen LogP contribution in [-0.2, 0) is 11.3 Å². The number of likely N-dealkylation sites (N-methyl/N-ethyl adjacent to an activating group) is 1. The predicted octanol–water partition coefficient (Wildman–Crippen LogP) is 2.03. The number of aliphatic imine (C=N–C) groups is 1. The van der Waals surface area contributed by atoms with Crippen LogP contribution in [0.25, 0.3) is 0 Å². The van der Waals surface area contributed by atoms with Crippen molar-refractivity contribution < 1.29 is 14.3 Å². The molecule has 4 N–H and O–H groups in total. The van der Waals surface area contributed by atoms with Gasteiger partial charge in [-0.25, -0.2) is 4.99 Å². The monoisotopic (exact) mass is 476 g/mol. The summed E-state index contributed by atoms with van der Waals surface area (Å²) in [5, 5.41) is 5.85. The van der Waals surface area contributed by atoms with Gasteiger partial charge in [0.05, 0.1) is 13.7 Å². The highest BCUT2D eigenvalue weighted by Gasteiger charge is 2.16. The number of guanidine groups is 1. The van der Waals surface area contributed by atoms with Gasteiger partial charge < -0.3 is 25.8 Å². The van der Waals surface area contributed by atoms with Crippen LogP contribution in [0.1, 0.15) is 31.7 Å². The second kappa shape index (κ2) is 11.8. The van der Waals surface area contributed by atoms with Gasteiger partial charge in [0.25, 0.3) is 5.91 Å². The maximum atomic E-state index is 11.5. The lowest BCUT2D eigenvalue weighted by Gasteiger charge is -2.25. The molecular formula is C18H29IN4O3. The quantitative estimate of drug-likeness (QED) is 0.288. The van der Waals surface area contributed by atoms with E-state index in [1.165, 1.54) is 19.3 Å². The van der Waals surface area contributed by atoms with Gasteiger partial charge in [0, 0.05) is 13.1 Å². The number of carbonyl (C=O) groups is 1. The minimum absolute atomic E-state index is 0. The Kier molecular flexibility index (Phi) is 10.2. The summed E-state index contributed by atoms with van der Waals surface area (Å²) in [6.45, 7) is 3.74. The molecule has 146 valence electrons. The molecule has 0 atom stereocenters. The number of hydrogen-bond donors (Lipinski definition) is 3. The van der Waals surface area contributed by atoms with Crippen LogP contribution in [0.15, 0.2) is 23.2 Å². The second-order valence-corrected chi connectivity index (χ2v) is 6.11. The van der Waals surface area contributed by atoms with E-state index in [-0.39, 0.29) is 36.5 Å². The molecule has 0 aliphatic heterocycles. The van der Waals surface area contributed by atoms with E-state index in [1.54, 1.807) is 13.2 Å². The van der Waals surface area contributed by atoms with Crippen LogP contribution in [0, 0.1) is 5.92 Å². The van der Waals surface area contributed by atoms with Gasteiger partial charge in [-0.15, -0.1) is 24.0 Å². The molecule has 7 nitrogen and oxygen atoms in total. The van der Waals surface area contributed by atoms with Crippen molar-refractivity contribution in [2.24, 2.45) is 16.6 Å². The first-order chi connectivity index (χ1) is 12.1. The zero-order valence-electron chi connectivity index (χ0n) is 15.4. The molecule has 2 rings (SSSR count). The van der Waals surface area contributed by atoms with Crippen LogP contribution in [0.4, 0.5) is 0 Å². The molecule has 1 amide bonds. The Morgan fingerprint density at radius 3 is 2.69 bits per heavy atom. The number of halogens is 1. The molecule has 1 aliphatic carbocycles. The van der Waals surface area contributed by atoms with Crippen molar-refractivity contribution in [1.29, 1.82) is 0 Å². The lowest BCUT2D eigenvalue weighted by Crippen LogP contribution is -2.37. The molecule has 0 aromatic heterocycles. The van der Waals surface area contributed by atoms with E-state index in [4.69, 9.17) is 15.2 Å². The maximum Gasteiger partial charge on any atom is 0.257 e. The molecule has 0 saturated heterocycles. The van der Waals surface area contributed by atoms with Crippen molar-refractivity contribution in [3.05, 3.63) is 23.8 Å². The molecular weight excluding hydrogens is 447 g/mol. The molecule has 0 unspecified atom stereocenters. The van der Waals surface area contributed by atoms with Crippen molar-refractivity contribution in [3.8, 4) is 11.5 Å². The number of nitrogens with two attached hydrogens (primary N) is 1. The Bertz CT molecular complexity index is 606. The number of carbonyl (C=O) groups excluding carboxylic acids is 1. The van der Waals surface area contributed by atoms with Crippen molar-refractivity contribution in [2.75, 3.05) is 26.8 Å². The van der Waals surface area contributed by atoms with Crippen molar-refractivity contribution in [1.82, 2.24) is 10.6 Å². The minimum atomic E-state index is -0.163. The topological polar surface area (TPSA) is 98.0 Å². The third-order valence-corrected chi connectivity index (χ3v) is 4.19. The molecule has 0 radical (unpaired) electrons. The van der Waals surface area contributed by atoms with Crippen molar-refractivity contribution in [2.45, 2.75) is 32.7 Å². The Morgan fingerprint density at radius 1 is 1.31 bits per heavy atom. The van der Waals surface area contributed by atoms with Gasteiger partial charge in [-0.2, -0.15) is 0 Å². The van der Waals surface area contributed by atoms with Gasteiger partial charge >= 0.3 is 0 Å². The van der Waals surface area contributed by atoms with Crippen LogP contribution >= 0.6 is 24.0 Å². The summed E-state index contributed by atoms with van der Waals surface area (Å²) in [4.78, 5) is 15.8. The standard InChI is InChI=1S/C18H28N4O3.HI/c1-3-20-17(23)12-25-15-8-7-14(9-16(15)24-2)11-22-18(19)21-10-13-5-4-6-13;/h7-9,13H,3-6,10-12H2,1-2H3,(H,20,23)(H3,19,21,22);1H. The first-order valence-corrected chi connectivity index (χ1v) is 8.72. The molecule has 1 aromatic rings. The van der Waals surface area contributed by atoms with Crippen LogP contribution in [0.5, 0.6) is 11.5 Å². The highest BCUT2D eigenvalue weighted by atomic mass is 127. The molecule has 1 saturated carbocycles. The number of benzene rings is 1. The third kappa shape index (κ3) is 7.27. The van der Waals surface area contributed by atoms with Crippen molar-refractivity contribution >= 4 is 35.8 Å². The highest BCUT2D eigenvalue weighted by Crippen LogP contribution is 2.28. The third-order valence-electron chi connectivity index (χ3n) is 4.19. The fraction of sp³-hybridized carbons (Fsp3) is 0.556. The fourth-order valence-electron chi connectivity index (χ4n) is 2.50. The second-order valence-electron chi connectivity index (χ2n) is 6.11. The molecule has 1 fully saturated rings. The van der Waals surface area contributed by atoms with E-state index in [0.29, 0.717) is 30.5 Å². The van der Waals surface area contributed by atoms with E-state index in [9.17, 15) is 4.79 Å². The van der Waals surface area contributed by atoms with E-state index < -0.39 is 0 Å². The van der Waals surface area contributed by atoms with Crippen LogP contribution in [-0.4, -0.2) is 38.7 Å². The average Bonchev–Trinajstić information content (AvgIpc) is 2.57. The highest BCUT2D eigenvalue weighted by molar-refractivity contribution is 14.0. The van der Waals surface area contributed by atoms with Gasteiger partial charge in [0.2, 0.25) is 0 Å². The first kappa shape index (κ1) is 22.3. The average molecular weight is 476 g/mol. The fourth-order valence-corrected chi connectivity index (χ4v) is 2.50. The SMILES string of the molecule is CCNC(=O)COc1ccc(CN=C(N)NCC2CCC2)cc1OC.I. The molecule has 26 heavy (non-hydrogen) atoms. The molecule has 0 bridgehead atoms.